The normalized spacial score (nSPS) is 10.5. The van der Waals surface area contributed by atoms with E-state index in [-0.39, 0.29) is 0 Å². The van der Waals surface area contributed by atoms with Gasteiger partial charge in [0, 0.05) is 23.2 Å². The Balaban J connectivity index is 1.92. The molecule has 0 unspecified atom stereocenters. The first-order valence-corrected chi connectivity index (χ1v) is 6.63. The Kier molecular flexibility index (Phi) is 3.60. The van der Waals surface area contributed by atoms with E-state index >= 15 is 0 Å². The van der Waals surface area contributed by atoms with Gasteiger partial charge in [-0.25, -0.2) is 0 Å². The third-order valence-electron chi connectivity index (χ3n) is 3.36. The van der Waals surface area contributed by atoms with E-state index in [9.17, 15) is 4.79 Å². The van der Waals surface area contributed by atoms with Crippen LogP contribution in [0, 0.1) is 0 Å². The zero-order valence-electron chi connectivity index (χ0n) is 11.6. The number of rotatable bonds is 5. The van der Waals surface area contributed by atoms with Gasteiger partial charge >= 0.3 is 0 Å². The minimum Gasteiger partial charge on any atom is -0.493 e. The van der Waals surface area contributed by atoms with Gasteiger partial charge in [0.1, 0.15) is 6.61 Å². The first kappa shape index (κ1) is 13.2. The predicted molar refractivity (Wildman–Crippen MR) is 81.0 cm³/mol. The lowest BCUT2D eigenvalue weighted by atomic mass is 10.1. The number of benzene rings is 2. The number of carbonyl (C=O) groups is 1. The molecule has 21 heavy (non-hydrogen) atoms. The van der Waals surface area contributed by atoms with Gasteiger partial charge in [-0.05, 0) is 11.6 Å². The number of hydrogen-bond donors (Lipinski definition) is 1. The molecule has 3 rings (SSSR count). The molecule has 4 nitrogen and oxygen atoms in total. The second-order valence-corrected chi connectivity index (χ2v) is 4.68. The topological polar surface area (TPSA) is 51.3 Å². The molecule has 1 aromatic heterocycles. The number of aldehydes is 1. The molecule has 3 aromatic rings. The van der Waals surface area contributed by atoms with E-state index in [0.29, 0.717) is 23.7 Å². The highest BCUT2D eigenvalue weighted by Crippen LogP contribution is 2.33. The van der Waals surface area contributed by atoms with Gasteiger partial charge in [-0.1, -0.05) is 30.3 Å². The van der Waals surface area contributed by atoms with E-state index in [1.54, 1.807) is 13.3 Å². The molecule has 1 N–H and O–H groups in total. The van der Waals surface area contributed by atoms with Crippen LogP contribution in [0.5, 0.6) is 11.5 Å². The van der Waals surface area contributed by atoms with E-state index in [4.69, 9.17) is 9.47 Å². The van der Waals surface area contributed by atoms with E-state index in [1.165, 1.54) is 0 Å². The highest BCUT2D eigenvalue weighted by atomic mass is 16.5. The van der Waals surface area contributed by atoms with Crippen molar-refractivity contribution >= 4 is 17.2 Å². The largest absolute Gasteiger partial charge is 0.493 e. The second kappa shape index (κ2) is 5.71. The molecule has 0 saturated carbocycles. The van der Waals surface area contributed by atoms with Crippen molar-refractivity contribution in [2.45, 2.75) is 6.61 Å². The second-order valence-electron chi connectivity index (χ2n) is 4.68. The van der Waals surface area contributed by atoms with Gasteiger partial charge in [-0.3, -0.25) is 4.79 Å². The standard InChI is InChI=1S/C17H15NO3/c1-20-16-7-14-13(10-19)9-18-15(14)8-17(16)21-11-12-5-3-2-4-6-12/h2-10,18H,11H2,1H3. The minimum absolute atomic E-state index is 0.462. The Morgan fingerprint density at radius 1 is 1.14 bits per heavy atom. The van der Waals surface area contributed by atoms with Crippen LogP contribution in [-0.4, -0.2) is 18.4 Å². The highest BCUT2D eigenvalue weighted by Gasteiger charge is 2.11. The molecule has 0 fully saturated rings. The highest BCUT2D eigenvalue weighted by molar-refractivity contribution is 5.98. The van der Waals surface area contributed by atoms with Gasteiger partial charge in [0.15, 0.2) is 17.8 Å². The number of methoxy groups -OCH3 is 1. The number of nitrogens with one attached hydrogen (secondary N) is 1. The van der Waals surface area contributed by atoms with E-state index in [2.05, 4.69) is 4.98 Å². The maximum atomic E-state index is 11.0. The summed E-state index contributed by atoms with van der Waals surface area (Å²) in [4.78, 5) is 14.0. The monoisotopic (exact) mass is 281 g/mol. The molecule has 0 aliphatic heterocycles. The number of hydrogen-bond acceptors (Lipinski definition) is 3. The summed E-state index contributed by atoms with van der Waals surface area (Å²) < 4.78 is 11.2. The Morgan fingerprint density at radius 3 is 2.67 bits per heavy atom. The molecule has 1 heterocycles. The SMILES string of the molecule is COc1cc2c(C=O)c[nH]c2cc1OCc1ccccc1. The van der Waals surface area contributed by atoms with Crippen LogP contribution in [0.15, 0.2) is 48.7 Å². The van der Waals surface area contributed by atoms with Crippen molar-refractivity contribution in [2.24, 2.45) is 0 Å². The zero-order chi connectivity index (χ0) is 14.7. The molecule has 0 aliphatic carbocycles. The number of carbonyl (C=O) groups excluding carboxylic acids is 1. The fourth-order valence-corrected chi connectivity index (χ4v) is 2.26. The molecule has 4 heteroatoms. The van der Waals surface area contributed by atoms with Crippen molar-refractivity contribution in [3.63, 3.8) is 0 Å². The fraction of sp³-hybridized carbons (Fsp3) is 0.118. The van der Waals surface area contributed by atoms with Crippen LogP contribution in [0.1, 0.15) is 15.9 Å². The number of aromatic amines is 1. The van der Waals surface area contributed by atoms with Crippen LogP contribution in [-0.2, 0) is 6.61 Å². The van der Waals surface area contributed by atoms with Crippen LogP contribution in [0.4, 0.5) is 0 Å². The lowest BCUT2D eigenvalue weighted by Crippen LogP contribution is -1.97. The van der Waals surface area contributed by atoms with Crippen LogP contribution >= 0.6 is 0 Å². The van der Waals surface area contributed by atoms with Gasteiger partial charge in [-0.15, -0.1) is 0 Å². The smallest absolute Gasteiger partial charge is 0.163 e. The average molecular weight is 281 g/mol. The Hall–Kier alpha value is -2.75. The van der Waals surface area contributed by atoms with Gasteiger partial charge in [0.2, 0.25) is 0 Å². The maximum Gasteiger partial charge on any atom is 0.163 e. The molecular formula is C17H15NO3. The number of aromatic nitrogens is 1. The minimum atomic E-state index is 0.462. The molecule has 0 spiro atoms. The van der Waals surface area contributed by atoms with Gasteiger partial charge in [-0.2, -0.15) is 0 Å². The lowest BCUT2D eigenvalue weighted by molar-refractivity contribution is 0.112. The van der Waals surface area contributed by atoms with Crippen LogP contribution < -0.4 is 9.47 Å². The fourth-order valence-electron chi connectivity index (χ4n) is 2.26. The Bertz CT molecular complexity index is 762. The summed E-state index contributed by atoms with van der Waals surface area (Å²) in [6, 6.07) is 13.6. The summed E-state index contributed by atoms with van der Waals surface area (Å²) in [5.74, 6) is 1.26. The molecule has 0 atom stereocenters. The molecule has 0 saturated heterocycles. The summed E-state index contributed by atoms with van der Waals surface area (Å²) in [5.41, 5.74) is 2.54. The van der Waals surface area contributed by atoms with E-state index in [1.807, 2.05) is 42.5 Å². The molecular weight excluding hydrogens is 266 g/mol. The van der Waals surface area contributed by atoms with Crippen molar-refractivity contribution in [2.75, 3.05) is 7.11 Å². The van der Waals surface area contributed by atoms with Crippen LogP contribution in [0.25, 0.3) is 10.9 Å². The molecule has 0 radical (unpaired) electrons. The van der Waals surface area contributed by atoms with Crippen molar-refractivity contribution in [3.8, 4) is 11.5 Å². The van der Waals surface area contributed by atoms with Crippen molar-refractivity contribution in [1.82, 2.24) is 4.98 Å². The molecule has 0 aliphatic rings. The Morgan fingerprint density at radius 2 is 1.95 bits per heavy atom. The quantitative estimate of drug-likeness (QED) is 0.727. The van der Waals surface area contributed by atoms with Crippen LogP contribution in [0.3, 0.4) is 0 Å². The van der Waals surface area contributed by atoms with E-state index in [0.717, 1.165) is 22.8 Å². The summed E-state index contributed by atoms with van der Waals surface area (Å²) in [7, 11) is 1.59. The molecule has 0 amide bonds. The van der Waals surface area contributed by atoms with Gasteiger partial charge in [0.05, 0.1) is 12.6 Å². The van der Waals surface area contributed by atoms with Gasteiger partial charge in [0.25, 0.3) is 0 Å². The molecule has 106 valence electrons. The summed E-state index contributed by atoms with van der Waals surface area (Å²) in [6.07, 6.45) is 2.50. The third kappa shape index (κ3) is 2.60. The number of H-pyrrole nitrogens is 1. The Labute approximate surface area is 122 Å². The predicted octanol–water partition coefficient (Wildman–Crippen LogP) is 3.57. The van der Waals surface area contributed by atoms with Crippen molar-refractivity contribution in [1.29, 1.82) is 0 Å². The lowest BCUT2D eigenvalue weighted by Gasteiger charge is -2.11. The maximum absolute atomic E-state index is 11.0. The summed E-state index contributed by atoms with van der Waals surface area (Å²) in [5, 5.41) is 0.828. The summed E-state index contributed by atoms with van der Waals surface area (Å²) >= 11 is 0. The van der Waals surface area contributed by atoms with Gasteiger partial charge < -0.3 is 14.5 Å². The zero-order valence-corrected chi connectivity index (χ0v) is 11.6. The molecule has 2 aromatic carbocycles. The third-order valence-corrected chi connectivity index (χ3v) is 3.36. The first-order valence-electron chi connectivity index (χ1n) is 6.63. The molecule has 0 bridgehead atoms. The van der Waals surface area contributed by atoms with Crippen molar-refractivity contribution in [3.05, 3.63) is 59.8 Å². The van der Waals surface area contributed by atoms with Crippen LogP contribution in [0.2, 0.25) is 0 Å². The summed E-state index contributed by atoms with van der Waals surface area (Å²) in [6.45, 7) is 0.462. The number of ether oxygens (including phenoxy) is 2. The first-order chi connectivity index (χ1) is 10.3. The van der Waals surface area contributed by atoms with Crippen molar-refractivity contribution < 1.29 is 14.3 Å². The van der Waals surface area contributed by atoms with E-state index < -0.39 is 0 Å². The average Bonchev–Trinajstić information content (AvgIpc) is 2.94. The number of fused-ring (bicyclic) bond motifs is 1.